The van der Waals surface area contributed by atoms with E-state index in [1.54, 1.807) is 7.05 Å². The molecule has 0 radical (unpaired) electrons. The maximum absolute atomic E-state index is 12.2. The van der Waals surface area contributed by atoms with Gasteiger partial charge in [0.1, 0.15) is 0 Å². The summed E-state index contributed by atoms with van der Waals surface area (Å²) in [7, 11) is 1.58. The first-order valence-corrected chi connectivity index (χ1v) is 6.49. The van der Waals surface area contributed by atoms with Crippen LogP contribution in [0.3, 0.4) is 0 Å². The Kier molecular flexibility index (Phi) is 2.60. The van der Waals surface area contributed by atoms with E-state index in [4.69, 9.17) is 5.84 Å². The molecule has 100 valence electrons. The Morgan fingerprint density at radius 3 is 2.74 bits per heavy atom. The molecule has 5 heteroatoms. The lowest BCUT2D eigenvalue weighted by Crippen LogP contribution is -2.41. The SMILES string of the molecule is CN(N)C(=O)C1(c2ccc3c(c2)CCC(=O)N3)CC1. The van der Waals surface area contributed by atoms with Crippen molar-refractivity contribution in [1.29, 1.82) is 0 Å². The lowest BCUT2D eigenvalue weighted by molar-refractivity contribution is -0.132. The van der Waals surface area contributed by atoms with Gasteiger partial charge in [0.05, 0.1) is 5.41 Å². The van der Waals surface area contributed by atoms with Gasteiger partial charge in [-0.2, -0.15) is 0 Å². The van der Waals surface area contributed by atoms with Crippen molar-refractivity contribution in [2.45, 2.75) is 31.1 Å². The number of carbonyl (C=O) groups is 2. The van der Waals surface area contributed by atoms with Crippen LogP contribution in [-0.2, 0) is 21.4 Å². The number of nitrogens with two attached hydrogens (primary N) is 1. The number of aryl methyl sites for hydroxylation is 1. The highest BCUT2D eigenvalue weighted by Gasteiger charge is 2.52. The van der Waals surface area contributed by atoms with Crippen molar-refractivity contribution in [1.82, 2.24) is 5.01 Å². The molecule has 1 aliphatic heterocycles. The summed E-state index contributed by atoms with van der Waals surface area (Å²) in [4.78, 5) is 23.5. The van der Waals surface area contributed by atoms with Crippen LogP contribution in [0.15, 0.2) is 18.2 Å². The van der Waals surface area contributed by atoms with Gasteiger partial charge in [0, 0.05) is 19.2 Å². The van der Waals surface area contributed by atoms with E-state index in [9.17, 15) is 9.59 Å². The van der Waals surface area contributed by atoms with Gasteiger partial charge in [-0.1, -0.05) is 12.1 Å². The highest BCUT2D eigenvalue weighted by molar-refractivity contribution is 5.95. The summed E-state index contributed by atoms with van der Waals surface area (Å²) in [5.74, 6) is 5.60. The molecular formula is C14H17N3O2. The van der Waals surface area contributed by atoms with Crippen LogP contribution in [0, 0.1) is 0 Å². The van der Waals surface area contributed by atoms with Gasteiger partial charge in [0.15, 0.2) is 0 Å². The lowest BCUT2D eigenvalue weighted by Gasteiger charge is -2.23. The highest BCUT2D eigenvalue weighted by Crippen LogP contribution is 2.50. The number of fused-ring (bicyclic) bond motifs is 1. The topological polar surface area (TPSA) is 75.4 Å². The number of carbonyl (C=O) groups excluding carboxylic acids is 2. The molecule has 2 aliphatic rings. The van der Waals surface area contributed by atoms with Gasteiger partial charge < -0.3 is 5.32 Å². The zero-order valence-electron chi connectivity index (χ0n) is 10.9. The monoisotopic (exact) mass is 259 g/mol. The summed E-state index contributed by atoms with van der Waals surface area (Å²) in [5, 5.41) is 4.03. The van der Waals surface area contributed by atoms with Crippen LogP contribution in [0.25, 0.3) is 0 Å². The summed E-state index contributed by atoms with van der Waals surface area (Å²) in [6, 6.07) is 5.87. The summed E-state index contributed by atoms with van der Waals surface area (Å²) < 4.78 is 0. The molecule has 0 aromatic heterocycles. The third kappa shape index (κ3) is 1.90. The lowest BCUT2D eigenvalue weighted by atomic mass is 9.90. The maximum Gasteiger partial charge on any atom is 0.246 e. The van der Waals surface area contributed by atoms with Gasteiger partial charge in [-0.25, -0.2) is 5.84 Å². The van der Waals surface area contributed by atoms with E-state index in [1.807, 2.05) is 18.2 Å². The van der Waals surface area contributed by atoms with E-state index < -0.39 is 5.41 Å². The van der Waals surface area contributed by atoms with Crippen molar-refractivity contribution in [2.24, 2.45) is 5.84 Å². The van der Waals surface area contributed by atoms with Crippen molar-refractivity contribution in [3.8, 4) is 0 Å². The number of anilines is 1. The molecule has 0 atom stereocenters. The fourth-order valence-corrected chi connectivity index (χ4v) is 2.77. The Hall–Kier alpha value is -1.88. The van der Waals surface area contributed by atoms with Crippen LogP contribution in [-0.4, -0.2) is 23.9 Å². The number of hydrogen-bond acceptors (Lipinski definition) is 3. The molecule has 2 amide bonds. The Balaban J connectivity index is 1.95. The number of hydrazine groups is 1. The number of amides is 2. The van der Waals surface area contributed by atoms with Crippen LogP contribution < -0.4 is 11.2 Å². The molecule has 1 saturated carbocycles. The molecule has 19 heavy (non-hydrogen) atoms. The summed E-state index contributed by atoms with van der Waals surface area (Å²) in [6.07, 6.45) is 2.93. The van der Waals surface area contributed by atoms with Crippen LogP contribution in [0.4, 0.5) is 5.69 Å². The van der Waals surface area contributed by atoms with Crippen LogP contribution in [0.5, 0.6) is 0 Å². The Morgan fingerprint density at radius 2 is 2.11 bits per heavy atom. The molecule has 1 aliphatic carbocycles. The number of nitrogens with zero attached hydrogens (tertiary/aromatic N) is 1. The van der Waals surface area contributed by atoms with Crippen molar-refractivity contribution >= 4 is 17.5 Å². The molecule has 0 spiro atoms. The molecule has 5 nitrogen and oxygen atoms in total. The fraction of sp³-hybridized carbons (Fsp3) is 0.429. The van der Waals surface area contributed by atoms with Crippen molar-refractivity contribution in [2.75, 3.05) is 12.4 Å². The summed E-state index contributed by atoms with van der Waals surface area (Å²) in [6.45, 7) is 0. The highest BCUT2D eigenvalue weighted by atomic mass is 16.2. The molecule has 3 N–H and O–H groups in total. The molecule has 1 heterocycles. The fourth-order valence-electron chi connectivity index (χ4n) is 2.77. The minimum absolute atomic E-state index is 0.0349. The van der Waals surface area contributed by atoms with E-state index in [-0.39, 0.29) is 11.8 Å². The van der Waals surface area contributed by atoms with Crippen molar-refractivity contribution in [3.63, 3.8) is 0 Å². The van der Waals surface area contributed by atoms with Gasteiger partial charge in [-0.05, 0) is 36.5 Å². The van der Waals surface area contributed by atoms with E-state index in [0.717, 1.165) is 36.1 Å². The number of likely N-dealkylation sites (N-methyl/N-ethyl adjacent to an activating group) is 1. The second-order valence-electron chi connectivity index (χ2n) is 5.42. The molecular weight excluding hydrogens is 242 g/mol. The normalized spacial score (nSPS) is 19.4. The zero-order valence-corrected chi connectivity index (χ0v) is 10.9. The van der Waals surface area contributed by atoms with Gasteiger partial charge in [-0.3, -0.25) is 14.6 Å². The molecule has 3 rings (SSSR count). The van der Waals surface area contributed by atoms with Crippen LogP contribution >= 0.6 is 0 Å². The second kappa shape index (κ2) is 4.06. The Labute approximate surface area is 111 Å². The standard InChI is InChI=1S/C14H17N3O2/c1-17(15)13(19)14(6-7-14)10-3-4-11-9(8-10)2-5-12(18)16-11/h3-4,8H,2,5-7,15H2,1H3,(H,16,18). The smallest absolute Gasteiger partial charge is 0.246 e. The summed E-state index contributed by atoms with van der Waals surface area (Å²) in [5.41, 5.74) is 2.56. The molecule has 1 aromatic rings. The predicted octanol–water partition coefficient (Wildman–Crippen LogP) is 0.935. The minimum Gasteiger partial charge on any atom is -0.326 e. The molecule has 0 bridgehead atoms. The quantitative estimate of drug-likeness (QED) is 0.471. The molecule has 1 fully saturated rings. The zero-order chi connectivity index (χ0) is 13.6. The predicted molar refractivity (Wildman–Crippen MR) is 71.3 cm³/mol. The number of nitrogens with one attached hydrogen (secondary N) is 1. The average molecular weight is 259 g/mol. The first-order chi connectivity index (χ1) is 9.03. The largest absolute Gasteiger partial charge is 0.326 e. The molecule has 0 saturated heterocycles. The maximum atomic E-state index is 12.2. The van der Waals surface area contributed by atoms with Crippen LogP contribution in [0.1, 0.15) is 30.4 Å². The number of hydrogen-bond donors (Lipinski definition) is 2. The van der Waals surface area contributed by atoms with Crippen molar-refractivity contribution in [3.05, 3.63) is 29.3 Å². The first-order valence-electron chi connectivity index (χ1n) is 6.49. The van der Waals surface area contributed by atoms with E-state index in [1.165, 1.54) is 5.01 Å². The number of rotatable bonds is 2. The minimum atomic E-state index is -0.431. The van der Waals surface area contributed by atoms with Gasteiger partial charge in [-0.15, -0.1) is 0 Å². The van der Waals surface area contributed by atoms with E-state index >= 15 is 0 Å². The average Bonchev–Trinajstić information content (AvgIpc) is 3.18. The number of benzene rings is 1. The Morgan fingerprint density at radius 1 is 1.37 bits per heavy atom. The third-order valence-corrected chi connectivity index (χ3v) is 4.03. The third-order valence-electron chi connectivity index (χ3n) is 4.03. The van der Waals surface area contributed by atoms with E-state index in [2.05, 4.69) is 5.32 Å². The summed E-state index contributed by atoms with van der Waals surface area (Å²) >= 11 is 0. The van der Waals surface area contributed by atoms with E-state index in [0.29, 0.717) is 6.42 Å². The van der Waals surface area contributed by atoms with Gasteiger partial charge >= 0.3 is 0 Å². The molecule has 1 aromatic carbocycles. The Bertz CT molecular complexity index is 562. The van der Waals surface area contributed by atoms with Gasteiger partial charge in [0.2, 0.25) is 11.8 Å². The van der Waals surface area contributed by atoms with Crippen molar-refractivity contribution < 1.29 is 9.59 Å². The van der Waals surface area contributed by atoms with Gasteiger partial charge in [0.25, 0.3) is 0 Å². The molecule has 0 unspecified atom stereocenters. The second-order valence-corrected chi connectivity index (χ2v) is 5.42. The first kappa shape index (κ1) is 12.2. The van der Waals surface area contributed by atoms with Crippen LogP contribution in [0.2, 0.25) is 0 Å².